The van der Waals surface area contributed by atoms with Crippen molar-refractivity contribution in [2.45, 2.75) is 26.7 Å². The van der Waals surface area contributed by atoms with Gasteiger partial charge in [0.15, 0.2) is 0 Å². The predicted octanol–water partition coefficient (Wildman–Crippen LogP) is 4.28. The van der Waals surface area contributed by atoms with Crippen LogP contribution >= 0.6 is 0 Å². The Balaban J connectivity index is 2.42. The highest BCUT2D eigenvalue weighted by molar-refractivity contribution is 5.67. The molecular weight excluding hydrogens is 192 g/mol. The van der Waals surface area contributed by atoms with E-state index < -0.39 is 0 Å². The van der Waals surface area contributed by atoms with Crippen molar-refractivity contribution in [3.05, 3.63) is 59.7 Å². The average Bonchev–Trinajstić information content (AvgIpc) is 2.39. The van der Waals surface area contributed by atoms with Gasteiger partial charge >= 0.3 is 0 Å². The summed E-state index contributed by atoms with van der Waals surface area (Å²) in [4.78, 5) is 0. The molecule has 2 aromatic rings. The van der Waals surface area contributed by atoms with E-state index in [0.717, 1.165) is 12.8 Å². The van der Waals surface area contributed by atoms with Crippen molar-refractivity contribution in [1.82, 2.24) is 0 Å². The summed E-state index contributed by atoms with van der Waals surface area (Å²) < 4.78 is 0. The van der Waals surface area contributed by atoms with Gasteiger partial charge in [0.2, 0.25) is 0 Å². The predicted molar refractivity (Wildman–Crippen MR) is 69.5 cm³/mol. The first kappa shape index (κ1) is 10.9. The van der Waals surface area contributed by atoms with E-state index in [0.29, 0.717) is 0 Å². The summed E-state index contributed by atoms with van der Waals surface area (Å²) in [6.45, 7) is 4.37. The largest absolute Gasteiger partial charge is 0.0613 e. The quantitative estimate of drug-likeness (QED) is 0.707. The number of hydrogen-bond acceptors (Lipinski definition) is 0. The molecule has 0 spiro atoms. The molecule has 2 rings (SSSR count). The first-order valence-electron chi connectivity index (χ1n) is 5.93. The average molecular weight is 209 g/mol. The van der Waals surface area contributed by atoms with Crippen LogP contribution in [0, 0.1) is 6.07 Å². The fraction of sp³-hybridized carbons (Fsp3) is 0.250. The maximum absolute atomic E-state index is 3.14. The second-order valence-corrected chi connectivity index (χ2v) is 3.99. The molecule has 0 unspecified atom stereocenters. The van der Waals surface area contributed by atoms with E-state index >= 15 is 0 Å². The van der Waals surface area contributed by atoms with Gasteiger partial charge in [0.25, 0.3) is 0 Å². The fourth-order valence-corrected chi connectivity index (χ4v) is 1.96. The second-order valence-electron chi connectivity index (χ2n) is 3.99. The lowest BCUT2D eigenvalue weighted by atomic mass is 9.97. The normalized spacial score (nSPS) is 10.4. The molecule has 0 amide bonds. The molecule has 1 radical (unpaired) electrons. The Kier molecular flexibility index (Phi) is 3.40. The smallest absolute Gasteiger partial charge is 0.0152 e. The zero-order valence-electron chi connectivity index (χ0n) is 9.96. The second kappa shape index (κ2) is 4.98. The number of aryl methyl sites for hydroxylation is 2. The molecule has 0 aromatic heterocycles. The van der Waals surface area contributed by atoms with E-state index in [1.54, 1.807) is 0 Å². The van der Waals surface area contributed by atoms with Gasteiger partial charge in [-0.25, -0.2) is 0 Å². The highest BCUT2D eigenvalue weighted by atomic mass is 14.1. The van der Waals surface area contributed by atoms with Crippen LogP contribution in [0.4, 0.5) is 0 Å². The van der Waals surface area contributed by atoms with Gasteiger partial charge in [0.05, 0.1) is 0 Å². The van der Waals surface area contributed by atoms with Crippen LogP contribution in [0.2, 0.25) is 0 Å². The van der Waals surface area contributed by atoms with Crippen LogP contribution in [0.3, 0.4) is 0 Å². The molecule has 0 heterocycles. The standard InChI is InChI=1S/C16H17/c1-3-13-9-11-15(12-10-13)16-8-6-5-7-14(16)4-2/h6-12H,3-4H2,1-2H3. The maximum atomic E-state index is 3.14. The van der Waals surface area contributed by atoms with Crippen molar-refractivity contribution in [2.24, 2.45) is 0 Å². The zero-order chi connectivity index (χ0) is 11.4. The Bertz CT molecular complexity index is 452. The van der Waals surface area contributed by atoms with Crippen molar-refractivity contribution in [1.29, 1.82) is 0 Å². The maximum Gasteiger partial charge on any atom is -0.0152 e. The van der Waals surface area contributed by atoms with Crippen LogP contribution in [-0.4, -0.2) is 0 Å². The van der Waals surface area contributed by atoms with Gasteiger partial charge in [0, 0.05) is 0 Å². The minimum Gasteiger partial charge on any atom is -0.0613 e. The van der Waals surface area contributed by atoms with Crippen LogP contribution in [0.1, 0.15) is 25.0 Å². The molecule has 81 valence electrons. The molecule has 0 aliphatic heterocycles. The van der Waals surface area contributed by atoms with Crippen LogP contribution in [0.5, 0.6) is 0 Å². The highest BCUT2D eigenvalue weighted by Gasteiger charge is 2.02. The van der Waals surface area contributed by atoms with Crippen molar-refractivity contribution in [2.75, 3.05) is 0 Å². The van der Waals surface area contributed by atoms with Gasteiger partial charge in [-0.2, -0.15) is 0 Å². The molecule has 0 fully saturated rings. The van der Waals surface area contributed by atoms with E-state index in [1.165, 1.54) is 22.3 Å². The van der Waals surface area contributed by atoms with Gasteiger partial charge in [-0.3, -0.25) is 0 Å². The first-order chi connectivity index (χ1) is 7.85. The third kappa shape index (κ3) is 2.16. The lowest BCUT2D eigenvalue weighted by Gasteiger charge is -2.08. The summed E-state index contributed by atoms with van der Waals surface area (Å²) in [5.74, 6) is 0. The van der Waals surface area contributed by atoms with Crippen molar-refractivity contribution >= 4 is 0 Å². The van der Waals surface area contributed by atoms with E-state index in [4.69, 9.17) is 0 Å². The lowest BCUT2D eigenvalue weighted by molar-refractivity contribution is 1.13. The summed E-state index contributed by atoms with van der Waals surface area (Å²) in [7, 11) is 0. The van der Waals surface area contributed by atoms with E-state index in [1.807, 2.05) is 6.07 Å². The van der Waals surface area contributed by atoms with E-state index in [9.17, 15) is 0 Å². The van der Waals surface area contributed by atoms with Gasteiger partial charge in [-0.15, -0.1) is 0 Å². The van der Waals surface area contributed by atoms with Gasteiger partial charge in [0.1, 0.15) is 0 Å². The summed E-state index contributed by atoms with van der Waals surface area (Å²) in [6.07, 6.45) is 2.16. The number of rotatable bonds is 3. The lowest BCUT2D eigenvalue weighted by Crippen LogP contribution is -1.87. The minimum atomic E-state index is 1.06. The Labute approximate surface area is 97.9 Å². The van der Waals surface area contributed by atoms with Crippen LogP contribution in [0.15, 0.2) is 42.5 Å². The van der Waals surface area contributed by atoms with Crippen LogP contribution in [0.25, 0.3) is 11.1 Å². The Morgan fingerprint density at radius 2 is 1.69 bits per heavy atom. The molecule has 16 heavy (non-hydrogen) atoms. The molecule has 0 atom stereocenters. The monoisotopic (exact) mass is 209 g/mol. The summed E-state index contributed by atoms with van der Waals surface area (Å²) in [5, 5.41) is 0. The summed E-state index contributed by atoms with van der Waals surface area (Å²) >= 11 is 0. The van der Waals surface area contributed by atoms with Crippen molar-refractivity contribution in [3.8, 4) is 11.1 Å². The molecular formula is C16H17. The van der Waals surface area contributed by atoms with Crippen LogP contribution < -0.4 is 0 Å². The van der Waals surface area contributed by atoms with Crippen molar-refractivity contribution < 1.29 is 0 Å². The summed E-state index contributed by atoms with van der Waals surface area (Å²) in [6, 6.07) is 18.2. The van der Waals surface area contributed by atoms with Gasteiger partial charge in [-0.1, -0.05) is 56.3 Å². The molecule has 0 N–H and O–H groups in total. The molecule has 0 heteroatoms. The molecule has 0 saturated heterocycles. The van der Waals surface area contributed by atoms with Gasteiger partial charge < -0.3 is 0 Å². The van der Waals surface area contributed by atoms with E-state index in [2.05, 4.69) is 56.3 Å². The van der Waals surface area contributed by atoms with Gasteiger partial charge in [-0.05, 0) is 41.2 Å². The molecule has 2 aromatic carbocycles. The fourth-order valence-electron chi connectivity index (χ4n) is 1.96. The highest BCUT2D eigenvalue weighted by Crippen LogP contribution is 2.24. The molecule has 0 saturated carbocycles. The Morgan fingerprint density at radius 3 is 2.31 bits per heavy atom. The Hall–Kier alpha value is -1.56. The third-order valence-electron chi connectivity index (χ3n) is 3.00. The zero-order valence-corrected chi connectivity index (χ0v) is 9.96. The molecule has 0 bridgehead atoms. The van der Waals surface area contributed by atoms with Crippen LogP contribution in [-0.2, 0) is 12.8 Å². The van der Waals surface area contributed by atoms with E-state index in [-0.39, 0.29) is 0 Å². The minimum absolute atomic E-state index is 1.06. The van der Waals surface area contributed by atoms with Crippen molar-refractivity contribution in [3.63, 3.8) is 0 Å². The summed E-state index contributed by atoms with van der Waals surface area (Å²) in [5.41, 5.74) is 5.41. The number of hydrogen-bond donors (Lipinski definition) is 0. The molecule has 0 aliphatic carbocycles. The third-order valence-corrected chi connectivity index (χ3v) is 3.00. The SMILES string of the molecule is CCc1ccc(-c2cc[c]cc2CC)cc1. The topological polar surface area (TPSA) is 0 Å². The number of benzene rings is 2. The molecule has 0 nitrogen and oxygen atoms in total. The molecule has 0 aliphatic rings. The Morgan fingerprint density at radius 1 is 0.938 bits per heavy atom. The first-order valence-corrected chi connectivity index (χ1v) is 5.93.